The van der Waals surface area contributed by atoms with Crippen LogP contribution in [0.2, 0.25) is 0 Å². The maximum atomic E-state index is 9.93. The molecule has 13 rings (SSSR count). The average Bonchev–Trinajstić information content (AvgIpc) is 3.88. The number of hydrogen-bond donors (Lipinski definition) is 2. The Balaban J connectivity index is 1.12. The molecule has 342 valence electrons. The Morgan fingerprint density at radius 2 is 0.917 bits per heavy atom. The Hall–Kier alpha value is -9.05. The van der Waals surface area contributed by atoms with Crippen molar-refractivity contribution in [1.82, 2.24) is 5.32 Å². The van der Waals surface area contributed by atoms with Gasteiger partial charge in [0.2, 0.25) is 0 Å². The van der Waals surface area contributed by atoms with Crippen molar-refractivity contribution in [2.24, 2.45) is 0 Å². The second-order valence-electron chi connectivity index (χ2n) is 19.6. The molecule has 3 heteroatoms. The molecule has 3 aliphatic rings. The fraction of sp³-hybridized carbons (Fsp3) is 0.0580. The van der Waals surface area contributed by atoms with Crippen molar-refractivity contribution in [1.29, 1.82) is 5.41 Å². The maximum absolute atomic E-state index is 9.93. The van der Waals surface area contributed by atoms with E-state index in [0.717, 1.165) is 61.8 Å². The topological polar surface area (TPSA) is 39.1 Å². The third-order valence-corrected chi connectivity index (χ3v) is 15.4. The monoisotopic (exact) mass is 921 g/mol. The lowest BCUT2D eigenvalue weighted by Gasteiger charge is -2.35. The first-order valence-corrected chi connectivity index (χ1v) is 24.9. The van der Waals surface area contributed by atoms with E-state index in [-0.39, 0.29) is 5.41 Å². The van der Waals surface area contributed by atoms with Crippen molar-refractivity contribution < 1.29 is 0 Å². The van der Waals surface area contributed by atoms with Gasteiger partial charge in [0.05, 0.1) is 28.2 Å². The molecule has 0 unspecified atom stereocenters. The number of nitrogens with zero attached hydrogens (tertiary/aromatic N) is 1. The number of allylic oxidation sites excluding steroid dienone is 1. The van der Waals surface area contributed by atoms with Crippen LogP contribution in [0.5, 0.6) is 0 Å². The Bertz CT molecular complexity index is 3760. The number of anilines is 3. The van der Waals surface area contributed by atoms with Crippen molar-refractivity contribution >= 4 is 45.8 Å². The molecule has 0 amide bonds. The van der Waals surface area contributed by atoms with Crippen molar-refractivity contribution in [2.45, 2.75) is 24.7 Å². The summed E-state index contributed by atoms with van der Waals surface area (Å²) >= 11 is 0. The van der Waals surface area contributed by atoms with E-state index in [9.17, 15) is 5.41 Å². The highest BCUT2D eigenvalue weighted by Gasteiger charge is 2.48. The quantitative estimate of drug-likeness (QED) is 0.142. The molecule has 0 bridgehead atoms. The standard InChI is InChI=1S/C69H51N3/c1-68(2)56-36-20-18-34-54(56)64-58(68)38-22-40-61(64)72(62-41-23-39-59-65(62)55-35-19-21-37-57(55)69(59,50-30-14-6-15-31-50)51-32-16-7-17-33-51)52-42-43-53-49(44-52)45-60(46-24-8-3-9-25-46)71-67(53)63(47-26-10-4-11-27-47)66(70)48-28-12-5-13-29-48/h3-45,70-71H,1-2H3/b67-63-,70-66?. The van der Waals surface area contributed by atoms with Crippen LogP contribution < -0.4 is 10.2 Å². The number of rotatable bonds is 9. The molecule has 0 atom stereocenters. The molecule has 0 radical (unpaired) electrons. The van der Waals surface area contributed by atoms with Crippen LogP contribution in [-0.4, -0.2) is 5.71 Å². The minimum atomic E-state index is -0.574. The summed E-state index contributed by atoms with van der Waals surface area (Å²) in [6, 6.07) is 92.0. The molecular formula is C69H51N3. The Morgan fingerprint density at radius 1 is 0.431 bits per heavy atom. The van der Waals surface area contributed by atoms with E-state index in [1.807, 2.05) is 36.4 Å². The third kappa shape index (κ3) is 6.62. The lowest BCUT2D eigenvalue weighted by atomic mass is 9.68. The van der Waals surface area contributed by atoms with Gasteiger partial charge in [-0.15, -0.1) is 0 Å². The second-order valence-corrected chi connectivity index (χ2v) is 19.6. The Morgan fingerprint density at radius 3 is 1.54 bits per heavy atom. The summed E-state index contributed by atoms with van der Waals surface area (Å²) < 4.78 is 0. The van der Waals surface area contributed by atoms with E-state index in [0.29, 0.717) is 5.71 Å². The van der Waals surface area contributed by atoms with Gasteiger partial charge in [0, 0.05) is 44.6 Å². The molecule has 2 aliphatic carbocycles. The third-order valence-electron chi connectivity index (χ3n) is 15.4. The van der Waals surface area contributed by atoms with Crippen LogP contribution in [0.4, 0.5) is 17.1 Å². The van der Waals surface area contributed by atoms with Crippen LogP contribution in [0.3, 0.4) is 0 Å². The van der Waals surface area contributed by atoms with Gasteiger partial charge in [0.25, 0.3) is 0 Å². The Labute approximate surface area is 422 Å². The first-order valence-electron chi connectivity index (χ1n) is 24.9. The molecule has 0 saturated carbocycles. The molecular weight excluding hydrogens is 871 g/mol. The normalized spacial score (nSPS) is 14.9. The first kappa shape index (κ1) is 43.0. The summed E-state index contributed by atoms with van der Waals surface area (Å²) in [5, 5.41) is 13.8. The van der Waals surface area contributed by atoms with Gasteiger partial charge in [0.15, 0.2) is 0 Å². The Kier molecular flexibility index (Phi) is 10.2. The van der Waals surface area contributed by atoms with Crippen molar-refractivity contribution in [3.63, 3.8) is 0 Å². The van der Waals surface area contributed by atoms with Gasteiger partial charge in [-0.2, -0.15) is 0 Å². The fourth-order valence-electron chi connectivity index (χ4n) is 12.2. The van der Waals surface area contributed by atoms with Crippen LogP contribution >= 0.6 is 0 Å². The summed E-state index contributed by atoms with van der Waals surface area (Å²) in [6.07, 6.45) is 2.29. The minimum absolute atomic E-state index is 0.208. The molecule has 1 aliphatic heterocycles. The average molecular weight is 922 g/mol. The van der Waals surface area contributed by atoms with Gasteiger partial charge < -0.3 is 10.2 Å². The summed E-state index contributed by atoms with van der Waals surface area (Å²) in [7, 11) is 0. The van der Waals surface area contributed by atoms with Gasteiger partial charge in [0.1, 0.15) is 0 Å². The summed E-state index contributed by atoms with van der Waals surface area (Å²) in [5.74, 6) is 0. The van der Waals surface area contributed by atoms with Gasteiger partial charge >= 0.3 is 0 Å². The molecule has 10 aromatic carbocycles. The van der Waals surface area contributed by atoms with Gasteiger partial charge in [-0.25, -0.2) is 0 Å². The van der Waals surface area contributed by atoms with E-state index < -0.39 is 5.41 Å². The zero-order chi connectivity index (χ0) is 48.4. The fourth-order valence-corrected chi connectivity index (χ4v) is 12.2. The summed E-state index contributed by atoms with van der Waals surface area (Å²) in [4.78, 5) is 2.55. The predicted octanol–water partition coefficient (Wildman–Crippen LogP) is 16.9. The maximum Gasteiger partial charge on any atom is 0.0714 e. The zero-order valence-electron chi connectivity index (χ0n) is 40.3. The summed E-state index contributed by atoms with van der Waals surface area (Å²) in [5.41, 5.74) is 23.2. The molecule has 0 aromatic heterocycles. The number of fused-ring (bicyclic) bond motifs is 7. The second kappa shape index (κ2) is 17.1. The van der Waals surface area contributed by atoms with Gasteiger partial charge in [-0.05, 0) is 91.5 Å². The molecule has 72 heavy (non-hydrogen) atoms. The number of nitrogens with one attached hydrogen (secondary N) is 2. The van der Waals surface area contributed by atoms with Crippen LogP contribution in [0.1, 0.15) is 75.0 Å². The lowest BCUT2D eigenvalue weighted by molar-refractivity contribution is 0.660. The molecule has 0 fully saturated rings. The smallest absolute Gasteiger partial charge is 0.0714 e. The highest BCUT2D eigenvalue weighted by molar-refractivity contribution is 6.36. The van der Waals surface area contributed by atoms with Gasteiger partial charge in [-0.3, -0.25) is 5.41 Å². The van der Waals surface area contributed by atoms with Crippen molar-refractivity contribution in [2.75, 3.05) is 4.90 Å². The van der Waals surface area contributed by atoms with E-state index in [1.165, 1.54) is 55.6 Å². The lowest BCUT2D eigenvalue weighted by Crippen LogP contribution is -2.28. The number of hydrogen-bond acceptors (Lipinski definition) is 3. The highest BCUT2D eigenvalue weighted by atomic mass is 15.1. The minimum Gasteiger partial charge on any atom is -0.354 e. The van der Waals surface area contributed by atoms with E-state index in [4.69, 9.17) is 0 Å². The van der Waals surface area contributed by atoms with E-state index in [2.05, 4.69) is 249 Å². The number of benzene rings is 10. The SMILES string of the molecule is CC1(C)c2ccccc2-c2c(N(c3ccc4c(c3)C=C(c3ccccc3)N/C4=C(\C(=N)c3ccccc3)c3ccccc3)c3cccc4c3-c3ccccc3C4(c3ccccc3)c3ccccc3)cccc21. The van der Waals surface area contributed by atoms with Crippen molar-refractivity contribution in [3.8, 4) is 22.3 Å². The van der Waals surface area contributed by atoms with Crippen LogP contribution in [-0.2, 0) is 10.8 Å². The van der Waals surface area contributed by atoms with Crippen molar-refractivity contribution in [3.05, 3.63) is 316 Å². The van der Waals surface area contributed by atoms with E-state index in [1.54, 1.807) is 0 Å². The molecule has 2 N–H and O–H groups in total. The molecule has 0 saturated heterocycles. The molecule has 3 nitrogen and oxygen atoms in total. The predicted molar refractivity (Wildman–Crippen MR) is 300 cm³/mol. The highest BCUT2D eigenvalue weighted by Crippen LogP contribution is 2.61. The first-order chi connectivity index (χ1) is 35.4. The summed E-state index contributed by atoms with van der Waals surface area (Å²) in [6.45, 7) is 4.73. The molecule has 10 aromatic rings. The van der Waals surface area contributed by atoms with Gasteiger partial charge in [-0.1, -0.05) is 244 Å². The molecule has 1 heterocycles. The van der Waals surface area contributed by atoms with E-state index >= 15 is 0 Å². The zero-order valence-corrected chi connectivity index (χ0v) is 40.3. The van der Waals surface area contributed by atoms with Crippen LogP contribution in [0.15, 0.2) is 255 Å². The van der Waals surface area contributed by atoms with Crippen LogP contribution in [0, 0.1) is 5.41 Å². The molecule has 0 spiro atoms. The largest absolute Gasteiger partial charge is 0.354 e. The van der Waals surface area contributed by atoms with Crippen LogP contribution in [0.25, 0.3) is 45.3 Å².